The van der Waals surface area contributed by atoms with Gasteiger partial charge in [-0.3, -0.25) is 0 Å². The van der Waals surface area contributed by atoms with Gasteiger partial charge in [0.15, 0.2) is 5.69 Å². The van der Waals surface area contributed by atoms with E-state index in [1.165, 1.54) is 22.9 Å². The van der Waals surface area contributed by atoms with E-state index in [4.69, 9.17) is 0 Å². The molecule has 3 aromatic heterocycles. The highest BCUT2D eigenvalue weighted by Crippen LogP contribution is 2.33. The SMILES string of the molecule is Fc1ccc(-c2c3c4[nH]c5ccccc5c4cc[n+]3cn2-c2ccccc2)cc1.[Cl-]. The van der Waals surface area contributed by atoms with Crippen molar-refractivity contribution >= 4 is 27.3 Å². The van der Waals surface area contributed by atoms with Crippen molar-refractivity contribution < 1.29 is 21.2 Å². The smallest absolute Gasteiger partial charge is 0.254 e. The van der Waals surface area contributed by atoms with Gasteiger partial charge in [-0.05, 0) is 48.5 Å². The number of benzene rings is 3. The summed E-state index contributed by atoms with van der Waals surface area (Å²) in [6.45, 7) is 0. The number of nitrogens with zero attached hydrogens (tertiary/aromatic N) is 2. The van der Waals surface area contributed by atoms with Crippen LogP contribution >= 0.6 is 0 Å². The number of pyridine rings is 1. The molecule has 0 fully saturated rings. The average molecular weight is 414 g/mol. The van der Waals surface area contributed by atoms with Crippen molar-refractivity contribution in [2.75, 3.05) is 0 Å². The molecule has 0 aliphatic heterocycles. The molecule has 1 N–H and O–H groups in total. The van der Waals surface area contributed by atoms with E-state index >= 15 is 0 Å². The van der Waals surface area contributed by atoms with Gasteiger partial charge >= 0.3 is 0 Å². The summed E-state index contributed by atoms with van der Waals surface area (Å²) in [4.78, 5) is 3.60. The molecule has 5 heteroatoms. The first-order valence-electron chi connectivity index (χ1n) is 9.57. The van der Waals surface area contributed by atoms with E-state index in [0.29, 0.717) is 0 Å². The second kappa shape index (κ2) is 7.01. The Morgan fingerprint density at radius 3 is 2.30 bits per heavy atom. The lowest BCUT2D eigenvalue weighted by Gasteiger charge is -2.03. The summed E-state index contributed by atoms with van der Waals surface area (Å²) < 4.78 is 17.9. The Morgan fingerprint density at radius 2 is 1.50 bits per heavy atom. The van der Waals surface area contributed by atoms with Crippen LogP contribution in [0.25, 0.3) is 44.3 Å². The highest BCUT2D eigenvalue weighted by atomic mass is 35.5. The highest BCUT2D eigenvalue weighted by molar-refractivity contribution is 6.13. The van der Waals surface area contributed by atoms with Crippen molar-refractivity contribution in [2.45, 2.75) is 0 Å². The number of halogens is 2. The first-order chi connectivity index (χ1) is 14.3. The van der Waals surface area contributed by atoms with Crippen LogP contribution in [0.1, 0.15) is 0 Å². The standard InChI is InChI=1S/C25H17FN3.ClH/c26-18-12-10-17(11-13-18)24-25-23-21(20-8-4-5-9-22(20)27-23)14-15-28(25)16-29(24)19-6-2-1-3-7-19;/h1-16,27H;1H/q+1;/p-1. The van der Waals surface area contributed by atoms with Crippen LogP contribution in [0.2, 0.25) is 0 Å². The van der Waals surface area contributed by atoms with Gasteiger partial charge in [0.2, 0.25) is 5.52 Å². The van der Waals surface area contributed by atoms with Gasteiger partial charge < -0.3 is 17.4 Å². The molecule has 0 aliphatic carbocycles. The van der Waals surface area contributed by atoms with Crippen LogP contribution in [0, 0.1) is 5.82 Å². The van der Waals surface area contributed by atoms with E-state index in [-0.39, 0.29) is 18.2 Å². The minimum atomic E-state index is -0.237. The predicted molar refractivity (Wildman–Crippen MR) is 114 cm³/mol. The Balaban J connectivity index is 0.00000193. The number of para-hydroxylation sites is 2. The second-order valence-electron chi connectivity index (χ2n) is 7.21. The van der Waals surface area contributed by atoms with Gasteiger partial charge in [-0.25, -0.2) is 4.39 Å². The molecule has 0 saturated heterocycles. The maximum absolute atomic E-state index is 13.6. The van der Waals surface area contributed by atoms with Crippen molar-refractivity contribution in [3.05, 3.63) is 103 Å². The Labute approximate surface area is 178 Å². The van der Waals surface area contributed by atoms with E-state index < -0.39 is 0 Å². The topological polar surface area (TPSA) is 24.8 Å². The minimum absolute atomic E-state index is 0. The number of rotatable bonds is 2. The Kier molecular flexibility index (Phi) is 4.30. The summed E-state index contributed by atoms with van der Waals surface area (Å²) >= 11 is 0. The number of hydrogen-bond donors (Lipinski definition) is 1. The number of hydrogen-bond acceptors (Lipinski definition) is 0. The van der Waals surface area contributed by atoms with Crippen LogP contribution in [0.4, 0.5) is 4.39 Å². The van der Waals surface area contributed by atoms with Crippen molar-refractivity contribution in [1.82, 2.24) is 9.55 Å². The Morgan fingerprint density at radius 1 is 0.767 bits per heavy atom. The molecule has 0 atom stereocenters. The molecule has 6 rings (SSSR count). The van der Waals surface area contributed by atoms with Crippen molar-refractivity contribution in [3.63, 3.8) is 0 Å². The quantitative estimate of drug-likeness (QED) is 0.422. The molecule has 0 radical (unpaired) electrons. The summed E-state index contributed by atoms with van der Waals surface area (Å²) in [7, 11) is 0. The summed E-state index contributed by atoms with van der Waals surface area (Å²) in [5.41, 5.74) is 6.28. The Hall–Kier alpha value is -3.63. The third-order valence-corrected chi connectivity index (χ3v) is 5.50. The largest absolute Gasteiger partial charge is 1.00 e. The number of aromatic nitrogens is 3. The molecule has 3 heterocycles. The van der Waals surface area contributed by atoms with E-state index in [2.05, 4.69) is 62.9 Å². The highest BCUT2D eigenvalue weighted by Gasteiger charge is 2.24. The number of fused-ring (bicyclic) bond motifs is 5. The zero-order valence-electron chi connectivity index (χ0n) is 15.9. The molecule has 0 saturated carbocycles. The summed E-state index contributed by atoms with van der Waals surface area (Å²) in [6.07, 6.45) is 4.17. The lowest BCUT2D eigenvalue weighted by atomic mass is 10.1. The molecule has 30 heavy (non-hydrogen) atoms. The minimum Gasteiger partial charge on any atom is -1.00 e. The fourth-order valence-electron chi connectivity index (χ4n) is 4.18. The number of aromatic amines is 1. The molecule has 0 unspecified atom stereocenters. The summed E-state index contributed by atoms with van der Waals surface area (Å²) in [6, 6.07) is 27.4. The van der Waals surface area contributed by atoms with Gasteiger partial charge in [0.1, 0.15) is 11.5 Å². The molecule has 146 valence electrons. The predicted octanol–water partition coefficient (Wildman–Crippen LogP) is 2.66. The summed E-state index contributed by atoms with van der Waals surface area (Å²) in [5, 5.41) is 2.37. The van der Waals surface area contributed by atoms with Crippen molar-refractivity contribution in [1.29, 1.82) is 0 Å². The number of imidazole rings is 1. The van der Waals surface area contributed by atoms with E-state index in [9.17, 15) is 4.39 Å². The fraction of sp³-hybridized carbons (Fsp3) is 0. The van der Waals surface area contributed by atoms with Crippen LogP contribution < -0.4 is 16.8 Å². The van der Waals surface area contributed by atoms with Crippen LogP contribution in [0.3, 0.4) is 0 Å². The molecule has 0 spiro atoms. The summed E-state index contributed by atoms with van der Waals surface area (Å²) in [5.74, 6) is -0.237. The first kappa shape index (κ1) is 18.4. The fourth-order valence-corrected chi connectivity index (χ4v) is 4.18. The van der Waals surface area contributed by atoms with E-state index in [1.807, 2.05) is 36.4 Å². The molecular formula is C25H17ClFN3. The normalized spacial score (nSPS) is 11.2. The van der Waals surface area contributed by atoms with Gasteiger partial charge in [0, 0.05) is 21.9 Å². The average Bonchev–Trinajstić information content (AvgIpc) is 3.33. The zero-order valence-corrected chi connectivity index (χ0v) is 16.6. The molecule has 3 aromatic carbocycles. The first-order valence-corrected chi connectivity index (χ1v) is 9.57. The molecular weight excluding hydrogens is 397 g/mol. The van der Waals surface area contributed by atoms with Gasteiger partial charge in [-0.15, -0.1) is 0 Å². The second-order valence-corrected chi connectivity index (χ2v) is 7.21. The third kappa shape index (κ3) is 2.69. The van der Waals surface area contributed by atoms with Gasteiger partial charge in [0.25, 0.3) is 6.33 Å². The van der Waals surface area contributed by atoms with Crippen molar-refractivity contribution in [2.24, 2.45) is 0 Å². The number of H-pyrrole nitrogens is 1. The van der Waals surface area contributed by atoms with Gasteiger partial charge in [-0.2, -0.15) is 8.97 Å². The van der Waals surface area contributed by atoms with Gasteiger partial charge in [0.05, 0.1) is 11.7 Å². The van der Waals surface area contributed by atoms with Gasteiger partial charge in [-0.1, -0.05) is 36.4 Å². The third-order valence-electron chi connectivity index (χ3n) is 5.50. The lowest BCUT2D eigenvalue weighted by Crippen LogP contribution is -3.00. The maximum atomic E-state index is 13.6. The van der Waals surface area contributed by atoms with Crippen LogP contribution in [-0.2, 0) is 0 Å². The molecule has 0 amide bonds. The van der Waals surface area contributed by atoms with Crippen LogP contribution in [0.5, 0.6) is 0 Å². The molecule has 0 aliphatic rings. The maximum Gasteiger partial charge on any atom is 0.254 e. The van der Waals surface area contributed by atoms with Crippen LogP contribution in [-0.4, -0.2) is 9.55 Å². The monoisotopic (exact) mass is 413 g/mol. The van der Waals surface area contributed by atoms with E-state index in [1.54, 1.807) is 0 Å². The number of nitrogens with one attached hydrogen (secondary N) is 1. The lowest BCUT2D eigenvalue weighted by molar-refractivity contribution is -0.510. The van der Waals surface area contributed by atoms with Crippen molar-refractivity contribution in [3.8, 4) is 16.9 Å². The van der Waals surface area contributed by atoms with Crippen LogP contribution in [0.15, 0.2) is 97.5 Å². The zero-order chi connectivity index (χ0) is 19.4. The molecule has 0 bridgehead atoms. The molecule has 6 aromatic rings. The van der Waals surface area contributed by atoms with E-state index in [0.717, 1.165) is 33.5 Å². The Bertz CT molecular complexity index is 1500. The molecule has 3 nitrogen and oxygen atoms in total.